The summed E-state index contributed by atoms with van der Waals surface area (Å²) in [5.41, 5.74) is 0.900. The van der Waals surface area contributed by atoms with Crippen molar-refractivity contribution in [3.63, 3.8) is 0 Å². The van der Waals surface area contributed by atoms with Gasteiger partial charge in [-0.2, -0.15) is 0 Å². The van der Waals surface area contributed by atoms with Crippen molar-refractivity contribution >= 4 is 15.9 Å². The number of nitrogens with zero attached hydrogens (tertiary/aromatic N) is 3. The number of rotatable bonds is 8. The van der Waals surface area contributed by atoms with Crippen LogP contribution >= 0.6 is 15.9 Å². The molecule has 5 nitrogen and oxygen atoms in total. The van der Waals surface area contributed by atoms with Gasteiger partial charge in [0, 0.05) is 23.3 Å². The van der Waals surface area contributed by atoms with Crippen molar-refractivity contribution in [3.8, 4) is 5.75 Å². The van der Waals surface area contributed by atoms with Crippen LogP contribution in [0.5, 0.6) is 5.75 Å². The predicted molar refractivity (Wildman–Crippen MR) is 81.6 cm³/mol. The third-order valence-corrected chi connectivity index (χ3v) is 3.20. The maximum absolute atomic E-state index is 13.2. The van der Waals surface area contributed by atoms with Crippen LogP contribution in [0.3, 0.4) is 0 Å². The van der Waals surface area contributed by atoms with Crippen LogP contribution in [0.2, 0.25) is 0 Å². The summed E-state index contributed by atoms with van der Waals surface area (Å²) in [5.74, 6) is 0.163. The first kappa shape index (κ1) is 15.9. The molecular weight excluding hydrogens is 339 g/mol. The zero-order valence-corrected chi connectivity index (χ0v) is 13.4. The minimum absolute atomic E-state index is 0.329. The Balaban J connectivity index is 1.78. The number of nitrogens with one attached hydrogen (secondary N) is 1. The molecule has 2 aromatic rings. The number of benzene rings is 1. The Labute approximate surface area is 131 Å². The second-order valence-corrected chi connectivity index (χ2v) is 5.52. The monoisotopic (exact) mass is 356 g/mol. The highest BCUT2D eigenvalue weighted by Crippen LogP contribution is 2.20. The van der Waals surface area contributed by atoms with E-state index >= 15 is 0 Å². The topological polar surface area (TPSA) is 52.0 Å². The summed E-state index contributed by atoms with van der Waals surface area (Å²) in [7, 11) is 0. The number of ether oxygens (including phenoxy) is 1. The fraction of sp³-hybridized carbons (Fsp3) is 0.429. The summed E-state index contributed by atoms with van der Waals surface area (Å²) in [6.07, 6.45) is 2.97. The molecule has 0 saturated carbocycles. The summed E-state index contributed by atoms with van der Waals surface area (Å²) >= 11 is 3.23. The van der Waals surface area contributed by atoms with Gasteiger partial charge in [-0.25, -0.2) is 9.07 Å². The van der Waals surface area contributed by atoms with Crippen molar-refractivity contribution in [1.82, 2.24) is 20.3 Å². The van der Waals surface area contributed by atoms with Gasteiger partial charge in [0.15, 0.2) is 0 Å². The Bertz CT molecular complexity index is 556. The molecule has 21 heavy (non-hydrogen) atoms. The number of aromatic nitrogens is 3. The van der Waals surface area contributed by atoms with Crippen molar-refractivity contribution in [3.05, 3.63) is 40.4 Å². The van der Waals surface area contributed by atoms with E-state index in [0.717, 1.165) is 18.7 Å². The summed E-state index contributed by atoms with van der Waals surface area (Å²) < 4.78 is 21.1. The highest BCUT2D eigenvalue weighted by molar-refractivity contribution is 9.10. The lowest BCUT2D eigenvalue weighted by Gasteiger charge is -2.06. The molecule has 0 spiro atoms. The van der Waals surface area contributed by atoms with Crippen molar-refractivity contribution in [1.29, 1.82) is 0 Å². The van der Waals surface area contributed by atoms with Gasteiger partial charge in [0.05, 0.1) is 12.2 Å². The second kappa shape index (κ2) is 8.09. The van der Waals surface area contributed by atoms with Gasteiger partial charge in [-0.3, -0.25) is 0 Å². The highest BCUT2D eigenvalue weighted by atomic mass is 79.9. The zero-order chi connectivity index (χ0) is 15.1. The number of hydrogen-bond acceptors (Lipinski definition) is 4. The normalized spacial score (nSPS) is 10.8. The molecule has 0 amide bonds. The van der Waals surface area contributed by atoms with Crippen LogP contribution in [0.4, 0.5) is 4.39 Å². The molecule has 114 valence electrons. The molecule has 0 fully saturated rings. The average molecular weight is 357 g/mol. The van der Waals surface area contributed by atoms with E-state index in [2.05, 4.69) is 38.5 Å². The molecule has 0 radical (unpaired) electrons. The molecule has 0 atom stereocenters. The lowest BCUT2D eigenvalue weighted by Crippen LogP contribution is -2.14. The first-order valence-electron chi connectivity index (χ1n) is 6.86. The van der Waals surface area contributed by atoms with Gasteiger partial charge in [0.25, 0.3) is 0 Å². The maximum atomic E-state index is 13.2. The van der Waals surface area contributed by atoms with E-state index in [9.17, 15) is 4.39 Å². The van der Waals surface area contributed by atoms with Crippen LogP contribution in [0, 0.1) is 5.82 Å². The fourth-order valence-electron chi connectivity index (χ4n) is 1.79. The number of halogens is 2. The van der Waals surface area contributed by atoms with Crippen LogP contribution in [0.15, 0.2) is 28.9 Å². The predicted octanol–water partition coefficient (Wildman–Crippen LogP) is 2.76. The van der Waals surface area contributed by atoms with Crippen molar-refractivity contribution in [2.24, 2.45) is 0 Å². The van der Waals surface area contributed by atoms with E-state index in [1.54, 1.807) is 10.7 Å². The molecule has 0 bridgehead atoms. The molecule has 1 aromatic heterocycles. The molecule has 0 saturated heterocycles. The van der Waals surface area contributed by atoms with Crippen LogP contribution in [0.25, 0.3) is 0 Å². The second-order valence-electron chi connectivity index (χ2n) is 4.60. The molecule has 1 N–H and O–H groups in total. The number of hydrogen-bond donors (Lipinski definition) is 1. The quantitative estimate of drug-likeness (QED) is 0.739. The highest BCUT2D eigenvalue weighted by Gasteiger charge is 2.02. The zero-order valence-electron chi connectivity index (χ0n) is 11.9. The molecule has 7 heteroatoms. The molecule has 1 aromatic carbocycles. The van der Waals surface area contributed by atoms with Gasteiger partial charge in [0.2, 0.25) is 0 Å². The van der Waals surface area contributed by atoms with Gasteiger partial charge in [-0.1, -0.05) is 28.1 Å². The van der Waals surface area contributed by atoms with E-state index in [1.165, 1.54) is 12.1 Å². The fourth-order valence-corrected chi connectivity index (χ4v) is 2.24. The Morgan fingerprint density at radius 3 is 3.00 bits per heavy atom. The van der Waals surface area contributed by atoms with Gasteiger partial charge < -0.3 is 10.1 Å². The first-order chi connectivity index (χ1) is 10.2. The van der Waals surface area contributed by atoms with Crippen molar-refractivity contribution in [2.45, 2.75) is 26.4 Å². The SMILES string of the molecule is CCCNCc1cn(CCOc2cc(F)cc(Br)c2)nn1. The van der Waals surface area contributed by atoms with Gasteiger partial charge in [0.1, 0.15) is 18.2 Å². The first-order valence-corrected chi connectivity index (χ1v) is 7.65. The third-order valence-electron chi connectivity index (χ3n) is 2.74. The Morgan fingerprint density at radius 1 is 1.38 bits per heavy atom. The maximum Gasteiger partial charge on any atom is 0.128 e. The molecule has 2 rings (SSSR count). The molecular formula is C14H18BrFN4O. The molecule has 0 unspecified atom stereocenters. The summed E-state index contributed by atoms with van der Waals surface area (Å²) in [5, 5.41) is 11.4. The molecule has 1 heterocycles. The third kappa shape index (κ3) is 5.43. The van der Waals surface area contributed by atoms with E-state index in [-0.39, 0.29) is 5.82 Å². The Hall–Kier alpha value is -1.47. The minimum Gasteiger partial charge on any atom is -0.492 e. The van der Waals surface area contributed by atoms with Gasteiger partial charge >= 0.3 is 0 Å². The van der Waals surface area contributed by atoms with E-state index < -0.39 is 0 Å². The van der Waals surface area contributed by atoms with Crippen LogP contribution in [-0.2, 0) is 13.1 Å². The van der Waals surface area contributed by atoms with Crippen LogP contribution < -0.4 is 10.1 Å². The Morgan fingerprint density at radius 2 is 2.24 bits per heavy atom. The lowest BCUT2D eigenvalue weighted by molar-refractivity contribution is 0.288. The van der Waals surface area contributed by atoms with Crippen molar-refractivity contribution in [2.75, 3.05) is 13.2 Å². The van der Waals surface area contributed by atoms with Crippen molar-refractivity contribution < 1.29 is 9.13 Å². The van der Waals surface area contributed by atoms with Gasteiger partial charge in [-0.05, 0) is 25.1 Å². The summed E-state index contributed by atoms with van der Waals surface area (Å²) in [6.45, 7) is 4.76. The average Bonchev–Trinajstić information content (AvgIpc) is 2.86. The summed E-state index contributed by atoms with van der Waals surface area (Å²) in [4.78, 5) is 0. The molecule has 0 aliphatic heterocycles. The standard InChI is InChI=1S/C14H18BrFN4O/c1-2-3-17-9-13-10-20(19-18-13)4-5-21-14-7-11(15)6-12(16)8-14/h6-8,10,17H,2-5,9H2,1H3. The lowest BCUT2D eigenvalue weighted by atomic mass is 10.3. The Kier molecular flexibility index (Phi) is 6.13. The largest absolute Gasteiger partial charge is 0.492 e. The summed E-state index contributed by atoms with van der Waals surface area (Å²) in [6, 6.07) is 4.47. The van der Waals surface area contributed by atoms with Crippen LogP contribution in [-0.4, -0.2) is 28.1 Å². The van der Waals surface area contributed by atoms with E-state index in [0.29, 0.717) is 29.9 Å². The van der Waals surface area contributed by atoms with Crippen LogP contribution in [0.1, 0.15) is 19.0 Å². The van der Waals surface area contributed by atoms with Gasteiger partial charge in [-0.15, -0.1) is 5.10 Å². The van der Waals surface area contributed by atoms with E-state index in [1.807, 2.05) is 6.20 Å². The minimum atomic E-state index is -0.329. The molecule has 0 aliphatic rings. The molecule has 0 aliphatic carbocycles. The smallest absolute Gasteiger partial charge is 0.128 e. The van der Waals surface area contributed by atoms with E-state index in [4.69, 9.17) is 4.74 Å².